The Morgan fingerprint density at radius 2 is 1.85 bits per heavy atom. The third-order valence-electron chi connectivity index (χ3n) is 3.11. The van der Waals surface area contributed by atoms with Crippen LogP contribution in [0.4, 0.5) is 10.1 Å². The van der Waals surface area contributed by atoms with Crippen molar-refractivity contribution in [2.45, 2.75) is 26.8 Å². The van der Waals surface area contributed by atoms with Gasteiger partial charge in [0.2, 0.25) is 0 Å². The van der Waals surface area contributed by atoms with Gasteiger partial charge in [-0.2, -0.15) is 0 Å². The highest BCUT2D eigenvalue weighted by Crippen LogP contribution is 2.34. The van der Waals surface area contributed by atoms with Crippen LogP contribution in [0.2, 0.25) is 10.0 Å². The summed E-state index contributed by atoms with van der Waals surface area (Å²) in [6.07, 6.45) is 0. The van der Waals surface area contributed by atoms with Crippen LogP contribution in [0.3, 0.4) is 0 Å². The van der Waals surface area contributed by atoms with Gasteiger partial charge in [-0.1, -0.05) is 23.2 Å². The van der Waals surface area contributed by atoms with Gasteiger partial charge in [-0.15, -0.1) is 0 Å². The van der Waals surface area contributed by atoms with Crippen molar-refractivity contribution in [3.63, 3.8) is 0 Å². The summed E-state index contributed by atoms with van der Waals surface area (Å²) in [6.45, 7) is 5.73. The number of pyridine rings is 1. The second kappa shape index (κ2) is 5.98. The van der Waals surface area contributed by atoms with Gasteiger partial charge in [-0.3, -0.25) is 4.98 Å². The molecule has 2 aromatic rings. The minimum absolute atomic E-state index is 0.0511. The van der Waals surface area contributed by atoms with Crippen molar-refractivity contribution in [3.8, 4) is 0 Å². The van der Waals surface area contributed by atoms with Gasteiger partial charge in [0.25, 0.3) is 0 Å². The fraction of sp³-hybridized carbons (Fsp3) is 0.267. The average Bonchev–Trinajstić information content (AvgIpc) is 2.38. The average molecular weight is 313 g/mol. The Hall–Kier alpha value is -1.32. The van der Waals surface area contributed by atoms with Gasteiger partial charge in [-0.25, -0.2) is 4.39 Å². The molecule has 1 unspecified atom stereocenters. The largest absolute Gasteiger partial charge is 0.377 e. The lowest BCUT2D eigenvalue weighted by atomic mass is 10.1. The molecule has 1 N–H and O–H groups in total. The molecule has 20 heavy (non-hydrogen) atoms. The van der Waals surface area contributed by atoms with Crippen molar-refractivity contribution in [3.05, 3.63) is 57.1 Å². The van der Waals surface area contributed by atoms with Gasteiger partial charge in [0.05, 0.1) is 22.4 Å². The maximum Gasteiger partial charge on any atom is 0.142 e. The van der Waals surface area contributed by atoms with E-state index in [1.807, 2.05) is 32.9 Å². The number of rotatable bonds is 3. The Labute approximate surface area is 127 Å². The van der Waals surface area contributed by atoms with E-state index in [1.54, 1.807) is 0 Å². The van der Waals surface area contributed by atoms with Crippen LogP contribution in [-0.2, 0) is 0 Å². The van der Waals surface area contributed by atoms with Crippen LogP contribution in [-0.4, -0.2) is 4.98 Å². The zero-order chi connectivity index (χ0) is 14.9. The van der Waals surface area contributed by atoms with Gasteiger partial charge >= 0.3 is 0 Å². The molecule has 0 bridgehead atoms. The first kappa shape index (κ1) is 15.1. The monoisotopic (exact) mass is 312 g/mol. The van der Waals surface area contributed by atoms with Gasteiger partial charge in [0.15, 0.2) is 0 Å². The van der Waals surface area contributed by atoms with E-state index in [9.17, 15) is 4.39 Å². The predicted molar refractivity (Wildman–Crippen MR) is 82.2 cm³/mol. The fourth-order valence-electron chi connectivity index (χ4n) is 2.08. The molecule has 0 aliphatic rings. The number of nitrogens with zero attached hydrogens (tertiary/aromatic N) is 1. The zero-order valence-electron chi connectivity index (χ0n) is 11.5. The number of aryl methyl sites for hydroxylation is 2. The fourth-order valence-corrected chi connectivity index (χ4v) is 2.78. The maximum atomic E-state index is 13.6. The van der Waals surface area contributed by atoms with Crippen molar-refractivity contribution >= 4 is 28.9 Å². The molecule has 0 aliphatic heterocycles. The summed E-state index contributed by atoms with van der Waals surface area (Å²) in [5.74, 6) is -0.474. The molecule has 2 rings (SSSR count). The second-order valence-electron chi connectivity index (χ2n) is 4.71. The van der Waals surface area contributed by atoms with Crippen LogP contribution in [0.25, 0.3) is 0 Å². The number of nitrogens with one attached hydrogen (secondary N) is 1. The molecule has 1 aromatic carbocycles. The van der Waals surface area contributed by atoms with Crippen molar-refractivity contribution in [2.24, 2.45) is 0 Å². The first-order chi connectivity index (χ1) is 9.40. The van der Waals surface area contributed by atoms with Gasteiger partial charge in [0, 0.05) is 16.3 Å². The summed E-state index contributed by atoms with van der Waals surface area (Å²) >= 11 is 12.1. The van der Waals surface area contributed by atoms with E-state index in [2.05, 4.69) is 10.3 Å². The van der Waals surface area contributed by atoms with E-state index in [-0.39, 0.29) is 11.1 Å². The summed E-state index contributed by atoms with van der Waals surface area (Å²) in [7, 11) is 0. The Morgan fingerprint density at radius 3 is 2.50 bits per heavy atom. The Bertz CT molecular complexity index is 644. The molecule has 0 amide bonds. The smallest absolute Gasteiger partial charge is 0.142 e. The first-order valence-corrected chi connectivity index (χ1v) is 7.00. The SMILES string of the molecule is Cc1ccc(NC(C)c2c(Cl)ccc(F)c2Cl)c(C)n1. The van der Waals surface area contributed by atoms with Crippen LogP contribution in [0.1, 0.15) is 29.9 Å². The maximum absolute atomic E-state index is 13.6. The van der Waals surface area contributed by atoms with E-state index in [4.69, 9.17) is 23.2 Å². The van der Waals surface area contributed by atoms with Crippen LogP contribution in [0.5, 0.6) is 0 Å². The molecular weight excluding hydrogens is 298 g/mol. The standard InChI is InChI=1S/C15H15Cl2FN2/c1-8-4-7-13(9(2)19-8)20-10(3)14-11(16)5-6-12(18)15(14)17/h4-7,10,20H,1-3H3. The highest BCUT2D eigenvalue weighted by atomic mass is 35.5. The molecule has 1 atom stereocenters. The van der Waals surface area contributed by atoms with Crippen molar-refractivity contribution < 1.29 is 4.39 Å². The number of halogens is 3. The van der Waals surface area contributed by atoms with Crippen molar-refractivity contribution in [1.29, 1.82) is 0 Å². The highest BCUT2D eigenvalue weighted by Gasteiger charge is 2.17. The molecule has 0 radical (unpaired) electrons. The Morgan fingerprint density at radius 1 is 1.15 bits per heavy atom. The molecule has 1 aromatic heterocycles. The molecule has 5 heteroatoms. The third kappa shape index (κ3) is 3.05. The van der Waals surface area contributed by atoms with Crippen LogP contribution in [0, 0.1) is 19.7 Å². The molecule has 0 aliphatic carbocycles. The summed E-state index contributed by atoms with van der Waals surface area (Å²) in [4.78, 5) is 4.38. The van der Waals surface area contributed by atoms with Crippen molar-refractivity contribution in [1.82, 2.24) is 4.98 Å². The molecule has 0 saturated carbocycles. The van der Waals surface area contributed by atoms with E-state index < -0.39 is 5.82 Å². The van der Waals surface area contributed by atoms with Crippen molar-refractivity contribution in [2.75, 3.05) is 5.32 Å². The minimum Gasteiger partial charge on any atom is -0.377 e. The predicted octanol–water partition coefficient (Wildman–Crippen LogP) is 5.32. The van der Waals surface area contributed by atoms with Crippen LogP contribution < -0.4 is 5.32 Å². The normalized spacial score (nSPS) is 12.3. The highest BCUT2D eigenvalue weighted by molar-refractivity contribution is 6.36. The quantitative estimate of drug-likeness (QED) is 0.776. The summed E-state index contributed by atoms with van der Waals surface area (Å²) in [5.41, 5.74) is 3.25. The van der Waals surface area contributed by atoms with Gasteiger partial charge in [0.1, 0.15) is 5.82 Å². The van der Waals surface area contributed by atoms with E-state index in [0.29, 0.717) is 10.6 Å². The molecular formula is C15H15Cl2FN2. The Kier molecular flexibility index (Phi) is 4.51. The molecule has 106 valence electrons. The summed E-state index contributed by atoms with van der Waals surface area (Å²) in [5, 5.41) is 3.75. The topological polar surface area (TPSA) is 24.9 Å². The number of benzene rings is 1. The van der Waals surface area contributed by atoms with Crippen LogP contribution in [0.15, 0.2) is 24.3 Å². The molecule has 1 heterocycles. The first-order valence-electron chi connectivity index (χ1n) is 6.24. The third-order valence-corrected chi connectivity index (χ3v) is 3.82. The lowest BCUT2D eigenvalue weighted by Crippen LogP contribution is -2.10. The van der Waals surface area contributed by atoms with E-state index in [1.165, 1.54) is 12.1 Å². The number of hydrogen-bond donors (Lipinski definition) is 1. The molecule has 0 fully saturated rings. The number of hydrogen-bond acceptors (Lipinski definition) is 2. The molecule has 2 nitrogen and oxygen atoms in total. The molecule has 0 spiro atoms. The summed E-state index contributed by atoms with van der Waals surface area (Å²) in [6, 6.07) is 6.40. The van der Waals surface area contributed by atoms with Crippen LogP contribution >= 0.6 is 23.2 Å². The Balaban J connectivity index is 2.33. The lowest BCUT2D eigenvalue weighted by Gasteiger charge is -2.19. The van der Waals surface area contributed by atoms with Gasteiger partial charge in [-0.05, 0) is 45.0 Å². The second-order valence-corrected chi connectivity index (χ2v) is 5.49. The number of aromatic nitrogens is 1. The number of anilines is 1. The minimum atomic E-state index is -0.474. The zero-order valence-corrected chi connectivity index (χ0v) is 13.0. The van der Waals surface area contributed by atoms with Gasteiger partial charge < -0.3 is 5.32 Å². The van der Waals surface area contributed by atoms with E-state index >= 15 is 0 Å². The molecule has 0 saturated heterocycles. The lowest BCUT2D eigenvalue weighted by molar-refractivity contribution is 0.624. The summed E-state index contributed by atoms with van der Waals surface area (Å²) < 4.78 is 13.6. The van der Waals surface area contributed by atoms with E-state index in [0.717, 1.165) is 17.1 Å².